The van der Waals surface area contributed by atoms with Crippen LogP contribution in [-0.2, 0) is 0 Å². The van der Waals surface area contributed by atoms with E-state index in [-0.39, 0.29) is 0 Å². The largest absolute Gasteiger partial charge is 0.490 e. The van der Waals surface area contributed by atoms with Crippen molar-refractivity contribution >= 4 is 5.69 Å². The Bertz CT molecular complexity index is 493. The van der Waals surface area contributed by atoms with Gasteiger partial charge in [-0.2, -0.15) is 0 Å². The van der Waals surface area contributed by atoms with E-state index in [0.29, 0.717) is 0 Å². The topological polar surface area (TPSA) is 21.3 Å². The third kappa shape index (κ3) is 1.63. The molecule has 0 saturated heterocycles. The monoisotopic (exact) mass is 211 g/mol. The molecule has 80 valence electrons. The normalized spacial score (nSPS) is 13.5. The molecule has 1 heterocycles. The van der Waals surface area contributed by atoms with Crippen LogP contribution in [0.15, 0.2) is 48.5 Å². The van der Waals surface area contributed by atoms with E-state index in [2.05, 4.69) is 35.6 Å². The van der Waals surface area contributed by atoms with Gasteiger partial charge in [-0.3, -0.25) is 0 Å². The Balaban J connectivity index is 2.03. The molecule has 3 rings (SSSR count). The maximum absolute atomic E-state index is 5.62. The molecule has 0 unspecified atom stereocenters. The Morgan fingerprint density at radius 3 is 2.69 bits per heavy atom. The van der Waals surface area contributed by atoms with Crippen molar-refractivity contribution in [2.24, 2.45) is 0 Å². The summed E-state index contributed by atoms with van der Waals surface area (Å²) < 4.78 is 5.62. The molecule has 2 nitrogen and oxygen atoms in total. The molecular weight excluding hydrogens is 198 g/mol. The average molecular weight is 211 g/mol. The summed E-state index contributed by atoms with van der Waals surface area (Å²) in [5.74, 6) is 0.951. The zero-order chi connectivity index (χ0) is 10.8. The number of rotatable bonds is 1. The maximum atomic E-state index is 5.62. The van der Waals surface area contributed by atoms with Crippen LogP contribution in [0.4, 0.5) is 5.69 Å². The molecule has 16 heavy (non-hydrogen) atoms. The highest BCUT2D eigenvalue weighted by Gasteiger charge is 2.10. The molecule has 0 saturated carbocycles. The van der Waals surface area contributed by atoms with Gasteiger partial charge in [-0.25, -0.2) is 0 Å². The molecule has 0 atom stereocenters. The molecule has 2 aromatic rings. The summed E-state index contributed by atoms with van der Waals surface area (Å²) in [6.45, 7) is 1.63. The predicted molar refractivity (Wildman–Crippen MR) is 65.9 cm³/mol. The van der Waals surface area contributed by atoms with Gasteiger partial charge in [-0.15, -0.1) is 0 Å². The second kappa shape index (κ2) is 3.89. The number of benzene rings is 2. The van der Waals surface area contributed by atoms with Gasteiger partial charge >= 0.3 is 0 Å². The molecule has 2 aromatic carbocycles. The van der Waals surface area contributed by atoms with Crippen LogP contribution >= 0.6 is 0 Å². The molecule has 1 aliphatic rings. The highest BCUT2D eigenvalue weighted by atomic mass is 16.5. The van der Waals surface area contributed by atoms with E-state index >= 15 is 0 Å². The van der Waals surface area contributed by atoms with Crippen molar-refractivity contribution in [2.45, 2.75) is 0 Å². The fourth-order valence-corrected chi connectivity index (χ4v) is 1.94. The quantitative estimate of drug-likeness (QED) is 0.782. The first-order valence-corrected chi connectivity index (χ1v) is 5.50. The number of hydrogen-bond acceptors (Lipinski definition) is 2. The van der Waals surface area contributed by atoms with Crippen molar-refractivity contribution in [2.75, 3.05) is 18.5 Å². The molecule has 2 heteroatoms. The van der Waals surface area contributed by atoms with E-state index in [1.165, 1.54) is 11.1 Å². The molecule has 0 radical (unpaired) electrons. The van der Waals surface area contributed by atoms with Crippen molar-refractivity contribution in [3.63, 3.8) is 0 Å². The minimum absolute atomic E-state index is 0.741. The second-order valence-corrected chi connectivity index (χ2v) is 3.85. The van der Waals surface area contributed by atoms with Gasteiger partial charge in [0.25, 0.3) is 0 Å². The van der Waals surface area contributed by atoms with Crippen molar-refractivity contribution in [1.82, 2.24) is 0 Å². The van der Waals surface area contributed by atoms with E-state index in [1.807, 2.05) is 18.2 Å². The Morgan fingerprint density at radius 2 is 1.81 bits per heavy atom. The van der Waals surface area contributed by atoms with Crippen molar-refractivity contribution in [3.8, 4) is 16.9 Å². The van der Waals surface area contributed by atoms with E-state index in [1.54, 1.807) is 0 Å². The molecule has 0 amide bonds. The summed E-state index contributed by atoms with van der Waals surface area (Å²) >= 11 is 0. The molecule has 0 bridgehead atoms. The smallest absolute Gasteiger partial charge is 0.143 e. The lowest BCUT2D eigenvalue weighted by atomic mass is 10.0. The van der Waals surface area contributed by atoms with Crippen molar-refractivity contribution in [3.05, 3.63) is 48.5 Å². The van der Waals surface area contributed by atoms with Crippen LogP contribution in [0.25, 0.3) is 11.1 Å². The van der Waals surface area contributed by atoms with Crippen LogP contribution in [0.5, 0.6) is 5.75 Å². The second-order valence-electron chi connectivity index (χ2n) is 3.85. The number of anilines is 1. The summed E-state index contributed by atoms with van der Waals surface area (Å²) in [5, 5.41) is 3.32. The zero-order valence-electron chi connectivity index (χ0n) is 8.94. The van der Waals surface area contributed by atoms with E-state index in [9.17, 15) is 0 Å². The van der Waals surface area contributed by atoms with Gasteiger partial charge in [0.05, 0.1) is 5.69 Å². The fraction of sp³-hybridized carbons (Fsp3) is 0.143. The molecule has 0 fully saturated rings. The molecule has 1 aliphatic heterocycles. The van der Waals surface area contributed by atoms with Crippen LogP contribution in [0, 0.1) is 0 Å². The van der Waals surface area contributed by atoms with Gasteiger partial charge in [0, 0.05) is 6.54 Å². The Labute approximate surface area is 94.9 Å². The number of nitrogens with one attached hydrogen (secondary N) is 1. The highest BCUT2D eigenvalue weighted by molar-refractivity contribution is 5.71. The average Bonchev–Trinajstić information content (AvgIpc) is 2.39. The third-order valence-corrected chi connectivity index (χ3v) is 2.76. The lowest BCUT2D eigenvalue weighted by molar-refractivity contribution is 0.323. The minimum Gasteiger partial charge on any atom is -0.490 e. The maximum Gasteiger partial charge on any atom is 0.143 e. The Kier molecular flexibility index (Phi) is 2.26. The van der Waals surface area contributed by atoms with Crippen LogP contribution in [-0.4, -0.2) is 13.2 Å². The standard InChI is InChI=1S/C14H13NO/c1-2-4-11(5-3-1)12-6-7-13-14(10-12)16-9-8-15-13/h1-7,10,15H,8-9H2. The van der Waals surface area contributed by atoms with E-state index < -0.39 is 0 Å². The molecule has 0 spiro atoms. The first-order valence-electron chi connectivity index (χ1n) is 5.50. The van der Waals surface area contributed by atoms with Gasteiger partial charge in [0.1, 0.15) is 12.4 Å². The number of hydrogen-bond donors (Lipinski definition) is 1. The third-order valence-electron chi connectivity index (χ3n) is 2.76. The first-order chi connectivity index (χ1) is 7.93. The van der Waals surface area contributed by atoms with Crippen molar-refractivity contribution < 1.29 is 4.74 Å². The number of fused-ring (bicyclic) bond motifs is 1. The van der Waals surface area contributed by atoms with Gasteiger partial charge < -0.3 is 10.1 Å². The van der Waals surface area contributed by atoms with Crippen LogP contribution in [0.1, 0.15) is 0 Å². The predicted octanol–water partition coefficient (Wildman–Crippen LogP) is 3.16. The van der Waals surface area contributed by atoms with Gasteiger partial charge in [-0.05, 0) is 23.3 Å². The Hall–Kier alpha value is -1.96. The molecular formula is C14H13NO. The first kappa shape index (κ1) is 9.28. The van der Waals surface area contributed by atoms with Gasteiger partial charge in [0.15, 0.2) is 0 Å². The summed E-state index contributed by atoms with van der Waals surface area (Å²) in [6.07, 6.45) is 0. The number of ether oxygens (including phenoxy) is 1. The van der Waals surface area contributed by atoms with E-state index in [4.69, 9.17) is 4.74 Å². The van der Waals surface area contributed by atoms with Crippen LogP contribution in [0.2, 0.25) is 0 Å². The lowest BCUT2D eigenvalue weighted by Gasteiger charge is -2.19. The molecule has 1 N–H and O–H groups in total. The summed E-state index contributed by atoms with van der Waals surface area (Å²) in [4.78, 5) is 0. The van der Waals surface area contributed by atoms with Gasteiger partial charge in [0.2, 0.25) is 0 Å². The lowest BCUT2D eigenvalue weighted by Crippen LogP contribution is -2.17. The Morgan fingerprint density at radius 1 is 0.938 bits per heavy atom. The van der Waals surface area contributed by atoms with Crippen LogP contribution < -0.4 is 10.1 Å². The van der Waals surface area contributed by atoms with Crippen LogP contribution in [0.3, 0.4) is 0 Å². The van der Waals surface area contributed by atoms with E-state index in [0.717, 1.165) is 24.6 Å². The SMILES string of the molecule is c1ccc(-c2ccc3c(c2)OCCN3)cc1. The summed E-state index contributed by atoms with van der Waals surface area (Å²) in [5.41, 5.74) is 3.51. The van der Waals surface area contributed by atoms with Gasteiger partial charge in [-0.1, -0.05) is 36.4 Å². The minimum atomic E-state index is 0.741. The zero-order valence-corrected chi connectivity index (χ0v) is 8.94. The molecule has 0 aromatic heterocycles. The highest BCUT2D eigenvalue weighted by Crippen LogP contribution is 2.32. The van der Waals surface area contributed by atoms with Crippen molar-refractivity contribution in [1.29, 1.82) is 0 Å². The summed E-state index contributed by atoms with van der Waals surface area (Å²) in [6, 6.07) is 16.6. The fourth-order valence-electron chi connectivity index (χ4n) is 1.94. The summed E-state index contributed by atoms with van der Waals surface area (Å²) in [7, 11) is 0. The molecule has 0 aliphatic carbocycles.